The van der Waals surface area contributed by atoms with Crippen molar-refractivity contribution in [2.24, 2.45) is 4.99 Å². The highest BCUT2D eigenvalue weighted by atomic mass is 16.5. The molecule has 0 radical (unpaired) electrons. The minimum atomic E-state index is 0.317. The SMILES string of the molecule is CCCN(CC)CCNC(=NCCCOCC1CCCO1)NCC. The Labute approximate surface area is 148 Å². The predicted molar refractivity (Wildman–Crippen MR) is 101 cm³/mol. The van der Waals surface area contributed by atoms with E-state index in [1.54, 1.807) is 0 Å². The largest absolute Gasteiger partial charge is 0.379 e. The second-order valence-electron chi connectivity index (χ2n) is 6.19. The molecule has 1 heterocycles. The van der Waals surface area contributed by atoms with Gasteiger partial charge in [-0.1, -0.05) is 13.8 Å². The first-order valence-corrected chi connectivity index (χ1v) is 9.74. The van der Waals surface area contributed by atoms with E-state index in [9.17, 15) is 0 Å². The number of ether oxygens (including phenoxy) is 2. The lowest BCUT2D eigenvalue weighted by Crippen LogP contribution is -2.41. The summed E-state index contributed by atoms with van der Waals surface area (Å²) in [7, 11) is 0. The lowest BCUT2D eigenvalue weighted by atomic mass is 10.2. The molecule has 0 aromatic carbocycles. The molecule has 1 fully saturated rings. The third kappa shape index (κ3) is 10.1. The van der Waals surface area contributed by atoms with E-state index >= 15 is 0 Å². The van der Waals surface area contributed by atoms with Crippen molar-refractivity contribution in [1.82, 2.24) is 15.5 Å². The maximum atomic E-state index is 5.67. The Balaban J connectivity index is 2.11. The summed E-state index contributed by atoms with van der Waals surface area (Å²) in [5.74, 6) is 0.907. The van der Waals surface area contributed by atoms with E-state index in [4.69, 9.17) is 9.47 Å². The minimum absolute atomic E-state index is 0.317. The summed E-state index contributed by atoms with van der Waals surface area (Å²) in [5, 5.41) is 6.72. The zero-order valence-electron chi connectivity index (χ0n) is 16.0. The average molecular weight is 343 g/mol. The minimum Gasteiger partial charge on any atom is -0.379 e. The molecule has 0 bridgehead atoms. The van der Waals surface area contributed by atoms with Gasteiger partial charge >= 0.3 is 0 Å². The van der Waals surface area contributed by atoms with E-state index in [2.05, 4.69) is 41.3 Å². The van der Waals surface area contributed by atoms with Gasteiger partial charge < -0.3 is 25.0 Å². The maximum absolute atomic E-state index is 5.67. The van der Waals surface area contributed by atoms with Crippen LogP contribution in [0.3, 0.4) is 0 Å². The van der Waals surface area contributed by atoms with E-state index in [-0.39, 0.29) is 0 Å². The van der Waals surface area contributed by atoms with Crippen LogP contribution in [0.1, 0.15) is 46.5 Å². The Morgan fingerprint density at radius 1 is 1.25 bits per heavy atom. The summed E-state index contributed by atoms with van der Waals surface area (Å²) in [6.07, 6.45) is 4.77. The Kier molecular flexibility index (Phi) is 12.8. The van der Waals surface area contributed by atoms with Crippen LogP contribution in [0.15, 0.2) is 4.99 Å². The number of likely N-dealkylation sites (N-methyl/N-ethyl adjacent to an activating group) is 1. The van der Waals surface area contributed by atoms with E-state index in [1.165, 1.54) is 12.8 Å². The Morgan fingerprint density at radius 3 is 2.79 bits per heavy atom. The van der Waals surface area contributed by atoms with Gasteiger partial charge in [-0.2, -0.15) is 0 Å². The molecule has 1 rings (SSSR count). The molecule has 24 heavy (non-hydrogen) atoms. The van der Waals surface area contributed by atoms with E-state index in [0.29, 0.717) is 6.10 Å². The third-order valence-corrected chi connectivity index (χ3v) is 4.10. The van der Waals surface area contributed by atoms with Crippen LogP contribution < -0.4 is 10.6 Å². The summed E-state index contributed by atoms with van der Waals surface area (Å²) in [5.41, 5.74) is 0. The van der Waals surface area contributed by atoms with Gasteiger partial charge in [-0.15, -0.1) is 0 Å². The molecule has 0 aromatic rings. The zero-order chi connectivity index (χ0) is 17.5. The summed E-state index contributed by atoms with van der Waals surface area (Å²) in [6.45, 7) is 14.8. The molecule has 1 unspecified atom stereocenters. The fourth-order valence-corrected chi connectivity index (χ4v) is 2.77. The molecule has 0 aliphatic carbocycles. The smallest absolute Gasteiger partial charge is 0.191 e. The molecule has 142 valence electrons. The quantitative estimate of drug-likeness (QED) is 0.304. The van der Waals surface area contributed by atoms with Crippen molar-refractivity contribution in [3.05, 3.63) is 0 Å². The monoisotopic (exact) mass is 342 g/mol. The lowest BCUT2D eigenvalue weighted by molar-refractivity contribution is 0.0171. The van der Waals surface area contributed by atoms with Crippen LogP contribution in [0.5, 0.6) is 0 Å². The van der Waals surface area contributed by atoms with Crippen molar-refractivity contribution in [2.45, 2.75) is 52.6 Å². The lowest BCUT2D eigenvalue weighted by Gasteiger charge is -2.20. The molecule has 0 saturated carbocycles. The zero-order valence-corrected chi connectivity index (χ0v) is 16.0. The second-order valence-corrected chi connectivity index (χ2v) is 6.19. The molecule has 1 saturated heterocycles. The van der Waals surface area contributed by atoms with Gasteiger partial charge in [0.2, 0.25) is 0 Å². The molecule has 1 aliphatic heterocycles. The number of nitrogens with zero attached hydrogens (tertiary/aromatic N) is 2. The molecule has 6 heteroatoms. The van der Waals surface area contributed by atoms with Gasteiger partial charge in [0, 0.05) is 39.4 Å². The number of rotatable bonds is 13. The van der Waals surface area contributed by atoms with Crippen LogP contribution in [-0.4, -0.2) is 76.1 Å². The van der Waals surface area contributed by atoms with Crippen molar-refractivity contribution in [2.75, 3.05) is 59.1 Å². The van der Waals surface area contributed by atoms with Gasteiger partial charge in [-0.25, -0.2) is 0 Å². The number of nitrogens with one attached hydrogen (secondary N) is 2. The molecule has 0 amide bonds. The number of aliphatic imine (C=N–C) groups is 1. The van der Waals surface area contributed by atoms with Gasteiger partial charge in [0.1, 0.15) is 0 Å². The first-order valence-electron chi connectivity index (χ1n) is 9.74. The highest BCUT2D eigenvalue weighted by Crippen LogP contribution is 2.11. The predicted octanol–water partition coefficient (Wildman–Crippen LogP) is 1.86. The molecule has 0 aromatic heterocycles. The van der Waals surface area contributed by atoms with Gasteiger partial charge in [0.05, 0.1) is 12.7 Å². The average Bonchev–Trinajstić information content (AvgIpc) is 3.10. The topological polar surface area (TPSA) is 58.1 Å². The Hall–Kier alpha value is -0.850. The first-order chi connectivity index (χ1) is 11.8. The molecule has 2 N–H and O–H groups in total. The van der Waals surface area contributed by atoms with Crippen molar-refractivity contribution in [1.29, 1.82) is 0 Å². The highest BCUT2D eigenvalue weighted by Gasteiger charge is 2.14. The molecule has 6 nitrogen and oxygen atoms in total. The van der Waals surface area contributed by atoms with Crippen molar-refractivity contribution in [3.63, 3.8) is 0 Å². The van der Waals surface area contributed by atoms with Crippen LogP contribution in [0.2, 0.25) is 0 Å². The number of hydrogen-bond donors (Lipinski definition) is 2. The molecular weight excluding hydrogens is 304 g/mol. The molecular formula is C18H38N4O2. The standard InChI is InChI=1S/C18H38N4O2/c1-4-12-22(6-3)13-11-21-18(19-5-2)20-10-8-14-23-16-17-9-7-15-24-17/h17H,4-16H2,1-3H3,(H2,19,20,21). The summed E-state index contributed by atoms with van der Waals surface area (Å²) in [6, 6.07) is 0. The second kappa shape index (κ2) is 14.5. The van der Waals surface area contributed by atoms with Crippen molar-refractivity contribution < 1.29 is 9.47 Å². The van der Waals surface area contributed by atoms with Crippen LogP contribution in [0.25, 0.3) is 0 Å². The number of guanidine groups is 1. The van der Waals surface area contributed by atoms with Crippen molar-refractivity contribution >= 4 is 5.96 Å². The molecule has 1 atom stereocenters. The number of hydrogen-bond acceptors (Lipinski definition) is 4. The summed E-state index contributed by atoms with van der Waals surface area (Å²) < 4.78 is 11.2. The van der Waals surface area contributed by atoms with Gasteiger partial charge in [-0.05, 0) is 45.7 Å². The maximum Gasteiger partial charge on any atom is 0.191 e. The molecule has 0 spiro atoms. The van der Waals surface area contributed by atoms with Crippen molar-refractivity contribution in [3.8, 4) is 0 Å². The van der Waals surface area contributed by atoms with E-state index in [1.807, 2.05) is 0 Å². The van der Waals surface area contributed by atoms with E-state index in [0.717, 1.165) is 77.9 Å². The Morgan fingerprint density at radius 2 is 2.12 bits per heavy atom. The summed E-state index contributed by atoms with van der Waals surface area (Å²) >= 11 is 0. The molecule has 1 aliphatic rings. The van der Waals surface area contributed by atoms with Crippen LogP contribution >= 0.6 is 0 Å². The normalized spacial score (nSPS) is 18.3. The highest BCUT2D eigenvalue weighted by molar-refractivity contribution is 5.79. The van der Waals surface area contributed by atoms with Crippen LogP contribution in [0.4, 0.5) is 0 Å². The van der Waals surface area contributed by atoms with Gasteiger partial charge in [0.25, 0.3) is 0 Å². The van der Waals surface area contributed by atoms with Gasteiger partial charge in [-0.3, -0.25) is 4.99 Å². The van der Waals surface area contributed by atoms with Crippen LogP contribution in [-0.2, 0) is 9.47 Å². The van der Waals surface area contributed by atoms with Crippen LogP contribution in [0, 0.1) is 0 Å². The fourth-order valence-electron chi connectivity index (χ4n) is 2.77. The van der Waals surface area contributed by atoms with Gasteiger partial charge in [0.15, 0.2) is 5.96 Å². The first kappa shape index (κ1) is 21.2. The summed E-state index contributed by atoms with van der Waals surface area (Å²) in [4.78, 5) is 7.07. The van der Waals surface area contributed by atoms with E-state index < -0.39 is 0 Å². The Bertz CT molecular complexity index is 320. The third-order valence-electron chi connectivity index (χ3n) is 4.10. The fraction of sp³-hybridized carbons (Fsp3) is 0.944.